The van der Waals surface area contributed by atoms with Gasteiger partial charge in [0.2, 0.25) is 0 Å². The van der Waals surface area contributed by atoms with Gasteiger partial charge in [-0.05, 0) is 55.9 Å². The number of fused-ring (bicyclic) bond motifs is 1. The monoisotopic (exact) mass is 316 g/mol. The molecule has 116 valence electrons. The van der Waals surface area contributed by atoms with Crippen LogP contribution < -0.4 is 5.32 Å². The molecule has 0 spiro atoms. The van der Waals surface area contributed by atoms with Crippen molar-refractivity contribution in [2.45, 2.75) is 32.4 Å². The van der Waals surface area contributed by atoms with E-state index in [1.807, 2.05) is 37.6 Å². The van der Waals surface area contributed by atoms with Crippen molar-refractivity contribution in [3.05, 3.63) is 35.0 Å². The molecule has 0 aliphatic carbocycles. The average Bonchev–Trinajstić information content (AvgIpc) is 2.63. The van der Waals surface area contributed by atoms with Crippen molar-refractivity contribution in [1.29, 1.82) is 0 Å². The number of thioether (sulfide) groups is 1. The number of aryl methyl sites for hydroxylation is 2. The summed E-state index contributed by atoms with van der Waals surface area (Å²) >= 11 is 0.0354. The number of rotatable bonds is 5. The van der Waals surface area contributed by atoms with Crippen molar-refractivity contribution >= 4 is 22.7 Å². The Labute approximate surface area is 126 Å². The summed E-state index contributed by atoms with van der Waals surface area (Å²) in [5.41, 5.74) is 0.197. The Morgan fingerprint density at radius 1 is 1.24 bits per heavy atom. The van der Waals surface area contributed by atoms with E-state index in [-0.39, 0.29) is 17.5 Å². The minimum absolute atomic E-state index is 0.0336. The molecule has 0 saturated heterocycles. The largest absolute Gasteiger partial charge is 0.441 e. The quantitative estimate of drug-likeness (QED) is 0.889. The van der Waals surface area contributed by atoms with Gasteiger partial charge in [0, 0.05) is 35.4 Å². The van der Waals surface area contributed by atoms with Crippen molar-refractivity contribution in [1.82, 2.24) is 9.88 Å². The van der Waals surface area contributed by atoms with Gasteiger partial charge in [0.15, 0.2) is 0 Å². The third-order valence-corrected chi connectivity index (χ3v) is 4.38. The molecule has 2 nitrogen and oxygen atoms in total. The summed E-state index contributed by atoms with van der Waals surface area (Å²) in [6, 6.07) is 6.13. The van der Waals surface area contributed by atoms with Crippen LogP contribution in [-0.4, -0.2) is 22.9 Å². The minimum Gasteiger partial charge on any atom is -0.344 e. The molecular weight excluding hydrogens is 297 g/mol. The van der Waals surface area contributed by atoms with E-state index in [0.29, 0.717) is 6.54 Å². The van der Waals surface area contributed by atoms with Crippen molar-refractivity contribution in [3.8, 4) is 0 Å². The van der Waals surface area contributed by atoms with Gasteiger partial charge in [-0.3, -0.25) is 0 Å². The lowest BCUT2D eigenvalue weighted by molar-refractivity contribution is -0.0328. The summed E-state index contributed by atoms with van der Waals surface area (Å²) in [5, 5.41) is 4.23. The van der Waals surface area contributed by atoms with Gasteiger partial charge < -0.3 is 9.88 Å². The van der Waals surface area contributed by atoms with E-state index in [4.69, 9.17) is 0 Å². The molecule has 0 saturated carbocycles. The summed E-state index contributed by atoms with van der Waals surface area (Å²) in [7, 11) is 1.89. The zero-order chi connectivity index (χ0) is 15.6. The Bertz CT molecular complexity index is 632. The van der Waals surface area contributed by atoms with E-state index in [0.717, 1.165) is 28.7 Å². The Morgan fingerprint density at radius 2 is 1.95 bits per heavy atom. The molecule has 0 fully saturated rings. The molecule has 1 aromatic carbocycles. The van der Waals surface area contributed by atoms with Crippen LogP contribution >= 0.6 is 11.8 Å². The van der Waals surface area contributed by atoms with E-state index in [1.54, 1.807) is 0 Å². The number of hydrogen-bond acceptors (Lipinski definition) is 2. The highest BCUT2D eigenvalue weighted by atomic mass is 32.2. The second-order valence-electron chi connectivity index (χ2n) is 5.04. The highest BCUT2D eigenvalue weighted by Gasteiger charge is 2.27. The molecule has 1 N–H and O–H groups in total. The summed E-state index contributed by atoms with van der Waals surface area (Å²) in [5.74, 6) is 0.0336. The molecule has 0 amide bonds. The van der Waals surface area contributed by atoms with E-state index in [9.17, 15) is 13.2 Å². The van der Waals surface area contributed by atoms with Crippen LogP contribution in [0, 0.1) is 13.8 Å². The summed E-state index contributed by atoms with van der Waals surface area (Å²) in [6.07, 6.45) is 0. The van der Waals surface area contributed by atoms with Crippen LogP contribution in [0.3, 0.4) is 0 Å². The topological polar surface area (TPSA) is 17.0 Å². The zero-order valence-electron chi connectivity index (χ0n) is 12.3. The predicted molar refractivity (Wildman–Crippen MR) is 82.7 cm³/mol. The molecule has 1 heterocycles. The van der Waals surface area contributed by atoms with Crippen LogP contribution in [0.25, 0.3) is 10.9 Å². The molecule has 2 aromatic rings. The van der Waals surface area contributed by atoms with Crippen molar-refractivity contribution < 1.29 is 13.2 Å². The van der Waals surface area contributed by atoms with Gasteiger partial charge in [-0.15, -0.1) is 0 Å². The molecule has 0 aliphatic rings. The first kappa shape index (κ1) is 16.2. The molecule has 0 atom stereocenters. The number of benzene rings is 1. The second-order valence-corrected chi connectivity index (χ2v) is 6.20. The molecule has 6 heteroatoms. The van der Waals surface area contributed by atoms with Crippen molar-refractivity contribution in [2.24, 2.45) is 0 Å². The summed E-state index contributed by atoms with van der Waals surface area (Å²) < 4.78 is 38.8. The van der Waals surface area contributed by atoms with Crippen LogP contribution in [0.15, 0.2) is 18.2 Å². The van der Waals surface area contributed by atoms with Crippen molar-refractivity contribution in [2.75, 3.05) is 12.8 Å². The molecule has 0 radical (unpaired) electrons. The number of alkyl halides is 3. The summed E-state index contributed by atoms with van der Waals surface area (Å²) in [6.45, 7) is 5.13. The van der Waals surface area contributed by atoms with Crippen LogP contribution in [0.4, 0.5) is 13.2 Å². The number of hydrogen-bond donors (Lipinski definition) is 1. The number of nitrogens with one attached hydrogen (secondary N) is 1. The Hall–Kier alpha value is -1.14. The number of aromatic nitrogens is 1. The highest BCUT2D eigenvalue weighted by molar-refractivity contribution is 8.00. The molecule has 0 unspecified atom stereocenters. The number of halogens is 3. The van der Waals surface area contributed by atoms with Crippen molar-refractivity contribution in [3.63, 3.8) is 0 Å². The first-order valence-corrected chi connectivity index (χ1v) is 7.75. The van der Waals surface area contributed by atoms with Gasteiger partial charge in [0.05, 0.1) is 0 Å². The van der Waals surface area contributed by atoms with E-state index in [2.05, 4.69) is 11.4 Å². The van der Waals surface area contributed by atoms with Crippen LogP contribution in [-0.2, 0) is 13.1 Å². The third kappa shape index (κ3) is 3.74. The Morgan fingerprint density at radius 3 is 2.57 bits per heavy atom. The van der Waals surface area contributed by atoms with Crippen LogP contribution in [0.1, 0.15) is 16.8 Å². The standard InChI is InChI=1S/C15H19F3N2S/c1-10-11(2)20(6-7-21-15(16,17)18)14-5-4-12(9-19-3)8-13(10)14/h4-5,8,19H,6-7,9H2,1-3H3. The maximum atomic E-state index is 12.3. The van der Waals surface area contributed by atoms with Gasteiger partial charge in [0.1, 0.15) is 0 Å². The van der Waals surface area contributed by atoms with Gasteiger partial charge in [-0.1, -0.05) is 6.07 Å². The maximum absolute atomic E-state index is 12.3. The average molecular weight is 316 g/mol. The highest BCUT2D eigenvalue weighted by Crippen LogP contribution is 2.31. The third-order valence-electron chi connectivity index (χ3n) is 3.66. The van der Waals surface area contributed by atoms with E-state index in [1.165, 1.54) is 5.56 Å². The van der Waals surface area contributed by atoms with Crippen LogP contribution in [0.5, 0.6) is 0 Å². The van der Waals surface area contributed by atoms with Gasteiger partial charge >= 0.3 is 5.51 Å². The second kappa shape index (κ2) is 6.32. The lowest BCUT2D eigenvalue weighted by atomic mass is 10.1. The summed E-state index contributed by atoms with van der Waals surface area (Å²) in [4.78, 5) is 0. The fourth-order valence-electron chi connectivity index (χ4n) is 2.55. The van der Waals surface area contributed by atoms with Gasteiger partial charge in [0.25, 0.3) is 0 Å². The fraction of sp³-hybridized carbons (Fsp3) is 0.467. The first-order valence-electron chi connectivity index (χ1n) is 6.77. The van der Waals surface area contributed by atoms with Gasteiger partial charge in [-0.25, -0.2) is 0 Å². The molecule has 0 aliphatic heterocycles. The molecule has 1 aromatic heterocycles. The SMILES string of the molecule is CNCc1ccc2c(c1)c(C)c(C)n2CCSC(F)(F)F. The maximum Gasteiger partial charge on any atom is 0.441 e. The van der Waals surface area contributed by atoms with E-state index >= 15 is 0 Å². The molecule has 2 rings (SSSR count). The number of nitrogens with zero attached hydrogens (tertiary/aromatic N) is 1. The predicted octanol–water partition coefficient (Wildman–Crippen LogP) is 4.23. The normalized spacial score (nSPS) is 12.3. The lowest BCUT2D eigenvalue weighted by Crippen LogP contribution is -2.08. The minimum atomic E-state index is -4.16. The van der Waals surface area contributed by atoms with Crippen LogP contribution in [0.2, 0.25) is 0 Å². The van der Waals surface area contributed by atoms with Gasteiger partial charge in [-0.2, -0.15) is 13.2 Å². The molecular formula is C15H19F3N2S. The first-order chi connectivity index (χ1) is 9.83. The van der Waals surface area contributed by atoms with E-state index < -0.39 is 5.51 Å². The Balaban J connectivity index is 2.29. The Kier molecular flexibility index (Phi) is 4.88. The zero-order valence-corrected chi connectivity index (χ0v) is 13.2. The smallest absolute Gasteiger partial charge is 0.344 e. The lowest BCUT2D eigenvalue weighted by Gasteiger charge is -2.10. The fourth-order valence-corrected chi connectivity index (χ4v) is 3.06. The molecule has 0 bridgehead atoms. The molecule has 21 heavy (non-hydrogen) atoms.